The van der Waals surface area contributed by atoms with Gasteiger partial charge in [0.15, 0.2) is 0 Å². The maximum atomic E-state index is 13.6. The highest BCUT2D eigenvalue weighted by Gasteiger charge is 2.30. The third-order valence-corrected chi connectivity index (χ3v) is 7.39. The number of carbonyl (C=O) groups excluding carboxylic acids is 2. The van der Waals surface area contributed by atoms with Gasteiger partial charge in [0.05, 0.1) is 12.4 Å². The Morgan fingerprint density at radius 3 is 2.41 bits per heavy atom. The molecule has 7 heteroatoms. The normalized spacial score (nSPS) is 18.1. The second-order valence-corrected chi connectivity index (χ2v) is 10.1. The van der Waals surface area contributed by atoms with Gasteiger partial charge in [-0.05, 0) is 64.6 Å². The molecule has 1 fully saturated rings. The van der Waals surface area contributed by atoms with E-state index in [0.29, 0.717) is 38.2 Å². The van der Waals surface area contributed by atoms with Gasteiger partial charge in [-0.15, -0.1) is 0 Å². The molecule has 0 aliphatic carbocycles. The highest BCUT2D eigenvalue weighted by Crippen LogP contribution is 2.20. The van der Waals surface area contributed by atoms with Crippen molar-refractivity contribution in [2.75, 3.05) is 19.6 Å². The van der Waals surface area contributed by atoms with Gasteiger partial charge in [-0.1, -0.05) is 66.7 Å². The molecule has 1 saturated heterocycles. The van der Waals surface area contributed by atoms with E-state index in [1.54, 1.807) is 0 Å². The molecule has 200 valence electrons. The van der Waals surface area contributed by atoms with Crippen LogP contribution in [-0.2, 0) is 11.3 Å². The van der Waals surface area contributed by atoms with Crippen LogP contribution in [0.3, 0.4) is 0 Å². The molecule has 39 heavy (non-hydrogen) atoms. The zero-order valence-electron chi connectivity index (χ0n) is 22.1. The van der Waals surface area contributed by atoms with E-state index in [2.05, 4.69) is 46.0 Å². The molecule has 4 aromatic rings. The van der Waals surface area contributed by atoms with Gasteiger partial charge in [-0.2, -0.15) is 0 Å². The van der Waals surface area contributed by atoms with Crippen molar-refractivity contribution in [3.8, 4) is 0 Å². The zero-order chi connectivity index (χ0) is 27.0. The Morgan fingerprint density at radius 1 is 0.974 bits per heavy atom. The van der Waals surface area contributed by atoms with Crippen LogP contribution in [0.25, 0.3) is 21.5 Å². The number of hydrogen-bond donors (Lipinski definition) is 3. The average molecular weight is 522 g/mol. The first-order valence-electron chi connectivity index (χ1n) is 13.6. The summed E-state index contributed by atoms with van der Waals surface area (Å²) in [5.74, 6) is -0.0248. The van der Waals surface area contributed by atoms with Gasteiger partial charge >= 0.3 is 0 Å². The van der Waals surface area contributed by atoms with Crippen LogP contribution >= 0.6 is 0 Å². The fourth-order valence-corrected chi connectivity index (χ4v) is 5.27. The number of hydrogen-bond acceptors (Lipinski definition) is 4. The smallest absolute Gasteiger partial charge is 0.251 e. The van der Waals surface area contributed by atoms with Gasteiger partial charge in [0.2, 0.25) is 5.91 Å². The van der Waals surface area contributed by atoms with E-state index >= 15 is 0 Å². The summed E-state index contributed by atoms with van der Waals surface area (Å²) in [5.41, 5.74) is 7.13. The van der Waals surface area contributed by atoms with Crippen LogP contribution in [0.5, 0.6) is 0 Å². The van der Waals surface area contributed by atoms with Crippen molar-refractivity contribution < 1.29 is 9.59 Å². The molecule has 0 aromatic heterocycles. The fraction of sp³-hybridized carbons (Fsp3) is 0.281. The number of nitrogens with one attached hydrogen (secondary N) is 2. The monoisotopic (exact) mass is 521 g/mol. The number of aliphatic imine (C=N–C) groups is 1. The van der Waals surface area contributed by atoms with Crippen molar-refractivity contribution in [3.05, 3.63) is 96.1 Å². The molecule has 2 amide bonds. The molecule has 0 saturated carbocycles. The lowest BCUT2D eigenvalue weighted by molar-refractivity contribution is -0.133. The van der Waals surface area contributed by atoms with Crippen molar-refractivity contribution in [2.24, 2.45) is 10.7 Å². The van der Waals surface area contributed by atoms with Crippen LogP contribution in [-0.4, -0.2) is 54.8 Å². The first-order valence-corrected chi connectivity index (χ1v) is 13.6. The van der Waals surface area contributed by atoms with Crippen molar-refractivity contribution >= 4 is 39.7 Å². The Labute approximate surface area is 229 Å². The van der Waals surface area contributed by atoms with Crippen LogP contribution in [0.15, 0.2) is 89.9 Å². The molecule has 0 radical (unpaired) electrons. The van der Waals surface area contributed by atoms with E-state index in [1.807, 2.05) is 59.5 Å². The summed E-state index contributed by atoms with van der Waals surface area (Å²) in [6.45, 7) is 2.20. The summed E-state index contributed by atoms with van der Waals surface area (Å²) in [6.07, 6.45) is 3.45. The lowest BCUT2D eigenvalue weighted by Gasteiger charge is -2.25. The Kier molecular flexibility index (Phi) is 8.48. The van der Waals surface area contributed by atoms with Crippen molar-refractivity contribution in [3.63, 3.8) is 0 Å². The molecule has 1 heterocycles. The Morgan fingerprint density at radius 2 is 1.67 bits per heavy atom. The molecule has 0 spiro atoms. The van der Waals surface area contributed by atoms with E-state index in [1.165, 1.54) is 17.1 Å². The number of nitrogens with zero attached hydrogens (tertiary/aromatic N) is 2. The van der Waals surface area contributed by atoms with E-state index in [4.69, 9.17) is 5.73 Å². The Balaban J connectivity index is 1.26. The molecular weight excluding hydrogens is 486 g/mol. The molecule has 1 aliphatic rings. The minimum absolute atomic E-state index is 0.0250. The summed E-state index contributed by atoms with van der Waals surface area (Å²) in [4.78, 5) is 32.6. The quantitative estimate of drug-likeness (QED) is 0.174. The molecular formula is C32H35N5O2. The highest BCUT2D eigenvalue weighted by atomic mass is 16.2. The summed E-state index contributed by atoms with van der Waals surface area (Å²) >= 11 is 0. The number of benzene rings is 4. The van der Waals surface area contributed by atoms with Crippen LogP contribution in [0.2, 0.25) is 0 Å². The summed E-state index contributed by atoms with van der Waals surface area (Å²) in [6, 6.07) is 28.0. The molecule has 4 aromatic carbocycles. The maximum absolute atomic E-state index is 13.6. The number of nitrogens with two attached hydrogens (primary N) is 1. The van der Waals surface area contributed by atoms with Crippen molar-refractivity contribution in [1.82, 2.24) is 15.5 Å². The Hall–Kier alpha value is -4.23. The summed E-state index contributed by atoms with van der Waals surface area (Å²) in [7, 11) is 0. The van der Waals surface area contributed by atoms with E-state index in [-0.39, 0.29) is 23.9 Å². The SMILES string of the molecule is NC=NCCC[C@@H]1N[C@H](CNC(=O)c2ccc3ccccc3c2)CCN(Cc2ccc3ccccc3c2)C1=O. The van der Waals surface area contributed by atoms with Gasteiger partial charge in [0.25, 0.3) is 5.91 Å². The first kappa shape index (κ1) is 26.4. The third-order valence-electron chi connectivity index (χ3n) is 7.39. The predicted molar refractivity (Wildman–Crippen MR) is 158 cm³/mol. The van der Waals surface area contributed by atoms with Crippen LogP contribution in [0.4, 0.5) is 0 Å². The van der Waals surface area contributed by atoms with E-state index in [9.17, 15) is 9.59 Å². The minimum atomic E-state index is -0.344. The largest absolute Gasteiger partial charge is 0.390 e. The van der Waals surface area contributed by atoms with Gasteiger partial charge in [0.1, 0.15) is 0 Å². The molecule has 5 rings (SSSR count). The topological polar surface area (TPSA) is 99.8 Å². The average Bonchev–Trinajstić information content (AvgIpc) is 3.12. The van der Waals surface area contributed by atoms with Crippen LogP contribution in [0.1, 0.15) is 35.2 Å². The van der Waals surface area contributed by atoms with E-state index < -0.39 is 0 Å². The summed E-state index contributed by atoms with van der Waals surface area (Å²) in [5, 5.41) is 11.1. The lowest BCUT2D eigenvalue weighted by atomic mass is 10.1. The summed E-state index contributed by atoms with van der Waals surface area (Å²) < 4.78 is 0. The zero-order valence-corrected chi connectivity index (χ0v) is 22.1. The van der Waals surface area contributed by atoms with Crippen molar-refractivity contribution in [2.45, 2.75) is 37.9 Å². The Bertz CT molecular complexity index is 1480. The van der Waals surface area contributed by atoms with Gasteiger partial charge in [-0.25, -0.2) is 0 Å². The highest BCUT2D eigenvalue weighted by molar-refractivity contribution is 5.98. The lowest BCUT2D eigenvalue weighted by Crippen LogP contribution is -2.48. The molecule has 1 aliphatic heterocycles. The number of fused-ring (bicyclic) bond motifs is 2. The molecule has 0 unspecified atom stereocenters. The molecule has 0 bridgehead atoms. The van der Waals surface area contributed by atoms with Crippen LogP contribution in [0, 0.1) is 0 Å². The third kappa shape index (κ3) is 6.62. The van der Waals surface area contributed by atoms with E-state index in [0.717, 1.165) is 29.2 Å². The maximum Gasteiger partial charge on any atom is 0.251 e. The predicted octanol–water partition coefficient (Wildman–Crippen LogP) is 4.25. The van der Waals surface area contributed by atoms with Gasteiger partial charge in [-0.3, -0.25) is 14.6 Å². The number of rotatable bonds is 9. The minimum Gasteiger partial charge on any atom is -0.390 e. The second kappa shape index (κ2) is 12.5. The molecule has 7 nitrogen and oxygen atoms in total. The molecule has 4 N–H and O–H groups in total. The number of carbonyl (C=O) groups is 2. The fourth-order valence-electron chi connectivity index (χ4n) is 5.27. The van der Waals surface area contributed by atoms with Gasteiger partial charge < -0.3 is 21.3 Å². The first-order chi connectivity index (χ1) is 19.1. The standard InChI is InChI=1S/C32H35N5O2/c33-22-34-16-5-10-30-32(39)37(21-23-11-12-24-6-1-3-8-26(24)18-23)17-15-29(36-30)20-35-31(38)28-14-13-25-7-2-4-9-27(25)19-28/h1-4,6-9,11-14,18-19,22,29-30,36H,5,10,15-17,20-21H2,(H2,33,34)(H,35,38)/t29-,30-/m0/s1. The van der Waals surface area contributed by atoms with Crippen molar-refractivity contribution in [1.29, 1.82) is 0 Å². The van der Waals surface area contributed by atoms with Crippen LogP contribution < -0.4 is 16.4 Å². The molecule has 2 atom stereocenters. The number of amides is 2. The second-order valence-electron chi connectivity index (χ2n) is 10.1. The van der Waals surface area contributed by atoms with Gasteiger partial charge in [0, 0.05) is 37.8 Å².